The highest BCUT2D eigenvalue weighted by Crippen LogP contribution is 2.61. The Balaban J connectivity index is 2.15. The van der Waals surface area contributed by atoms with Gasteiger partial charge in [0.15, 0.2) is 11.5 Å². The smallest absolute Gasteiger partial charge is 0.315 e. The van der Waals surface area contributed by atoms with E-state index in [4.69, 9.17) is 12.2 Å². The molecule has 1 aliphatic heterocycles. The van der Waals surface area contributed by atoms with Gasteiger partial charge in [0.1, 0.15) is 4.32 Å². The molecular formula is C19H20BrNO5S2. The summed E-state index contributed by atoms with van der Waals surface area (Å²) in [5.41, 5.74) is 2.44. The predicted molar refractivity (Wildman–Crippen MR) is 118 cm³/mol. The third-order valence-electron chi connectivity index (χ3n) is 5.18. The number of thiocarbonyl (C=S) groups is 1. The summed E-state index contributed by atoms with van der Waals surface area (Å²) >= 11 is 8.92. The van der Waals surface area contributed by atoms with Crippen LogP contribution in [0.1, 0.15) is 30.9 Å². The van der Waals surface area contributed by atoms with Crippen LogP contribution >= 0.6 is 38.2 Å². The Morgan fingerprint density at radius 2 is 2.00 bits per heavy atom. The number of rotatable bonds is 4. The molecule has 6 nitrogen and oxygen atoms in total. The highest BCUT2D eigenvalue weighted by Gasteiger charge is 2.48. The number of halogens is 1. The van der Waals surface area contributed by atoms with Crippen LogP contribution in [0.2, 0.25) is 0 Å². The van der Waals surface area contributed by atoms with E-state index in [1.165, 1.54) is 12.1 Å². The molecule has 2 atom stereocenters. The number of amides is 1. The molecule has 1 heterocycles. The Hall–Kier alpha value is -1.84. The molecule has 1 aliphatic carbocycles. The fraction of sp³-hybridized carbons (Fsp3) is 0.316. The fourth-order valence-corrected chi connectivity index (χ4v) is 7.96. The summed E-state index contributed by atoms with van der Waals surface area (Å²) in [5.74, 6) is -1.72. The highest BCUT2D eigenvalue weighted by atomic mass is 79.9. The molecule has 0 bridgehead atoms. The largest absolute Gasteiger partial charge is 0.504 e. The van der Waals surface area contributed by atoms with E-state index in [0.29, 0.717) is 33.0 Å². The van der Waals surface area contributed by atoms with Crippen LogP contribution in [0.15, 0.2) is 28.7 Å². The first-order chi connectivity index (χ1) is 13.1. The summed E-state index contributed by atoms with van der Waals surface area (Å²) < 4.78 is 1.00. The third-order valence-corrected chi connectivity index (χ3v) is 11.0. The van der Waals surface area contributed by atoms with E-state index in [1.807, 2.05) is 0 Å². The molecule has 4 N–H and O–H groups in total. The molecule has 0 saturated carbocycles. The Morgan fingerprint density at radius 1 is 1.36 bits per heavy atom. The minimum Gasteiger partial charge on any atom is -0.504 e. The number of carbonyl (C=O) groups excluding carboxylic acids is 1. The van der Waals surface area contributed by atoms with Gasteiger partial charge >= 0.3 is 5.97 Å². The maximum atomic E-state index is 12.6. The van der Waals surface area contributed by atoms with Crippen LogP contribution < -0.4 is 5.32 Å². The van der Waals surface area contributed by atoms with Gasteiger partial charge in [0, 0.05) is 4.48 Å². The van der Waals surface area contributed by atoms with Gasteiger partial charge in [-0.25, -0.2) is 0 Å². The minimum atomic E-state index is -2.19. The first-order valence-electron chi connectivity index (χ1n) is 8.62. The summed E-state index contributed by atoms with van der Waals surface area (Å²) in [7, 11) is -2.19. The van der Waals surface area contributed by atoms with Crippen molar-refractivity contribution < 1.29 is 24.9 Å². The number of hydrogen-bond donors (Lipinski definition) is 4. The van der Waals surface area contributed by atoms with Crippen molar-refractivity contribution >= 4 is 58.9 Å². The molecule has 9 heteroatoms. The molecule has 0 aromatic heterocycles. The van der Waals surface area contributed by atoms with Crippen LogP contribution in [0.3, 0.4) is 0 Å². The van der Waals surface area contributed by atoms with Crippen LogP contribution in [0, 0.1) is 0 Å². The van der Waals surface area contributed by atoms with Crippen LogP contribution in [0.5, 0.6) is 11.5 Å². The molecule has 28 heavy (non-hydrogen) atoms. The van der Waals surface area contributed by atoms with Crippen molar-refractivity contribution in [3.05, 3.63) is 39.8 Å². The van der Waals surface area contributed by atoms with Crippen LogP contribution in [-0.4, -0.2) is 43.0 Å². The second-order valence-electron chi connectivity index (χ2n) is 6.80. The molecule has 1 saturated heterocycles. The number of allylic oxidation sites excluding steroid dienone is 2. The van der Waals surface area contributed by atoms with E-state index in [0.717, 1.165) is 16.7 Å². The van der Waals surface area contributed by atoms with E-state index in [1.54, 1.807) is 19.3 Å². The number of carboxylic acid groups (broad SMARTS) is 1. The number of carboxylic acids is 1. The minimum absolute atomic E-state index is 0.175. The fourth-order valence-electron chi connectivity index (χ4n) is 3.61. The van der Waals surface area contributed by atoms with E-state index in [9.17, 15) is 24.9 Å². The summed E-state index contributed by atoms with van der Waals surface area (Å²) in [5, 5.41) is 31.1. The van der Waals surface area contributed by atoms with Crippen LogP contribution in [-0.2, 0) is 16.0 Å². The van der Waals surface area contributed by atoms with Crippen molar-refractivity contribution in [2.75, 3.05) is 6.26 Å². The molecule has 2 unspecified atom stereocenters. The quantitative estimate of drug-likeness (QED) is 0.294. The van der Waals surface area contributed by atoms with Crippen LogP contribution in [0.25, 0.3) is 4.48 Å². The van der Waals surface area contributed by atoms with Gasteiger partial charge in [-0.1, -0.05) is 19.1 Å². The lowest BCUT2D eigenvalue weighted by Gasteiger charge is -2.36. The van der Waals surface area contributed by atoms with Crippen molar-refractivity contribution in [3.63, 3.8) is 0 Å². The molecule has 1 amide bonds. The number of aromatic hydroxyl groups is 2. The highest BCUT2D eigenvalue weighted by molar-refractivity contribution is 9.15. The number of aryl methyl sites for hydroxylation is 1. The monoisotopic (exact) mass is 485 g/mol. The second kappa shape index (κ2) is 7.53. The first-order valence-corrected chi connectivity index (χ1v) is 11.9. The van der Waals surface area contributed by atoms with E-state index in [-0.39, 0.29) is 17.4 Å². The standard InChI is InChI=1S/C19H20BrNO5S2/c1-3-14(18(25)26)28(2)15(17(24)21-19(28)27)7-10-5-4-9-6-12(22)13(23)8-11(9)16(10)20/h6-8,14,22-23H,3-5H2,1-2H3,(H,25,26)(H,21,24,27)/b15-7+. The molecule has 1 aromatic rings. The topological polar surface area (TPSA) is 107 Å². The molecular weight excluding hydrogens is 466 g/mol. The van der Waals surface area contributed by atoms with E-state index in [2.05, 4.69) is 21.2 Å². The van der Waals surface area contributed by atoms with E-state index < -0.39 is 21.2 Å². The third kappa shape index (κ3) is 3.25. The Morgan fingerprint density at radius 3 is 2.61 bits per heavy atom. The zero-order chi connectivity index (χ0) is 20.8. The van der Waals surface area contributed by atoms with Gasteiger partial charge in [0.05, 0.1) is 10.2 Å². The van der Waals surface area contributed by atoms with Crippen LogP contribution in [0.4, 0.5) is 0 Å². The zero-order valence-corrected chi connectivity index (χ0v) is 18.5. The number of benzene rings is 1. The van der Waals surface area contributed by atoms with Gasteiger partial charge in [-0.05, 0) is 76.4 Å². The number of phenolic OH excluding ortho intramolecular Hbond substituents is 2. The SMILES string of the molecule is CCC(C(=O)O)S1(C)C(=S)NC(=O)/C1=C\C1=C(Br)c2cc(O)c(O)cc2CC1. The number of nitrogens with one attached hydrogen (secondary N) is 1. The summed E-state index contributed by atoms with van der Waals surface area (Å²) in [6.45, 7) is 1.78. The summed E-state index contributed by atoms with van der Waals surface area (Å²) in [6, 6.07) is 3.00. The van der Waals surface area contributed by atoms with Crippen molar-refractivity contribution in [1.82, 2.24) is 5.32 Å². The maximum Gasteiger partial charge on any atom is 0.315 e. The van der Waals surface area contributed by atoms with Gasteiger partial charge < -0.3 is 20.6 Å². The molecule has 1 fully saturated rings. The lowest BCUT2D eigenvalue weighted by Crippen LogP contribution is -2.30. The van der Waals surface area contributed by atoms with Gasteiger partial charge in [-0.15, -0.1) is 10.0 Å². The Labute approximate surface area is 177 Å². The first kappa shape index (κ1) is 20.9. The lowest BCUT2D eigenvalue weighted by molar-refractivity contribution is -0.136. The summed E-state index contributed by atoms with van der Waals surface area (Å²) in [6.07, 6.45) is 5.10. The van der Waals surface area contributed by atoms with Gasteiger partial charge in [-0.3, -0.25) is 9.59 Å². The maximum absolute atomic E-state index is 12.6. The van der Waals surface area contributed by atoms with Gasteiger partial charge in [0.25, 0.3) is 5.91 Å². The Bertz CT molecular complexity index is 971. The average molecular weight is 486 g/mol. The van der Waals surface area contributed by atoms with Crippen molar-refractivity contribution in [3.8, 4) is 11.5 Å². The summed E-state index contributed by atoms with van der Waals surface area (Å²) in [4.78, 5) is 24.9. The molecule has 3 rings (SSSR count). The molecule has 0 radical (unpaired) electrons. The number of hydrogen-bond acceptors (Lipinski definition) is 5. The second-order valence-corrected chi connectivity index (χ2v) is 11.6. The number of carbonyl (C=O) groups is 2. The molecule has 1 aromatic carbocycles. The molecule has 2 aliphatic rings. The number of aliphatic carboxylic acids is 1. The van der Waals surface area contributed by atoms with Crippen molar-refractivity contribution in [1.29, 1.82) is 0 Å². The lowest BCUT2D eigenvalue weighted by atomic mass is 9.91. The number of fused-ring (bicyclic) bond motifs is 1. The van der Waals surface area contributed by atoms with Crippen molar-refractivity contribution in [2.24, 2.45) is 0 Å². The van der Waals surface area contributed by atoms with E-state index >= 15 is 0 Å². The molecule has 150 valence electrons. The number of phenols is 2. The van der Waals surface area contributed by atoms with Crippen molar-refractivity contribution in [2.45, 2.75) is 31.4 Å². The van der Waals surface area contributed by atoms with Gasteiger partial charge in [0.2, 0.25) is 0 Å². The zero-order valence-electron chi connectivity index (χ0n) is 15.3. The average Bonchev–Trinajstić information content (AvgIpc) is 2.83. The van der Waals surface area contributed by atoms with Gasteiger partial charge in [-0.2, -0.15) is 0 Å². The molecule has 0 spiro atoms. The normalized spacial score (nSPS) is 26.6. The predicted octanol–water partition coefficient (Wildman–Crippen LogP) is 3.75. The Kier molecular flexibility index (Phi) is 5.62.